The highest BCUT2D eigenvalue weighted by Crippen LogP contribution is 2.60. The zero-order chi connectivity index (χ0) is 15.8. The first-order valence-corrected chi connectivity index (χ1v) is 8.47. The van der Waals surface area contributed by atoms with Gasteiger partial charge in [-0.3, -0.25) is 14.3 Å². The summed E-state index contributed by atoms with van der Waals surface area (Å²) in [6.45, 7) is 5.59. The molecule has 1 unspecified atom stereocenters. The third-order valence-electron chi connectivity index (χ3n) is 3.53. The van der Waals surface area contributed by atoms with E-state index in [1.54, 1.807) is 6.92 Å². The molecular weight excluding hydrogens is 310 g/mol. The topological polar surface area (TPSA) is 64.6 Å². The maximum absolute atomic E-state index is 10.7. The first kappa shape index (κ1) is 16.1. The Hall–Kier alpha value is -1.27. The number of rotatable bonds is 3. The molecule has 2 aromatic rings. The van der Waals surface area contributed by atoms with Crippen LogP contribution >= 0.6 is 22.2 Å². The van der Waals surface area contributed by atoms with Crippen LogP contribution in [0.2, 0.25) is 5.02 Å². The van der Waals surface area contributed by atoms with Crippen LogP contribution < -0.4 is 4.73 Å². The molecule has 0 radical (unpaired) electrons. The fourth-order valence-electron chi connectivity index (χ4n) is 2.28. The molecule has 0 aliphatic rings. The number of benzene rings is 1. The van der Waals surface area contributed by atoms with Crippen molar-refractivity contribution in [3.05, 3.63) is 58.2 Å². The normalized spacial score (nSPS) is 14.0. The molecule has 2 rings (SSSR count). The van der Waals surface area contributed by atoms with Crippen molar-refractivity contribution in [2.75, 3.05) is 0 Å². The average molecular weight is 329 g/mol. The molecule has 0 bridgehead atoms. The number of aromatic nitrogens is 1. The van der Waals surface area contributed by atoms with Gasteiger partial charge in [0.1, 0.15) is 5.02 Å². The minimum atomic E-state index is -3.31. The van der Waals surface area contributed by atoms with Crippen LogP contribution in [0.3, 0.4) is 0 Å². The molecule has 1 heterocycles. The fourth-order valence-corrected chi connectivity index (χ4v) is 4.42. The summed E-state index contributed by atoms with van der Waals surface area (Å²) in [7, 11) is -3.31. The summed E-state index contributed by atoms with van der Waals surface area (Å²) in [4.78, 5) is 0. The lowest BCUT2D eigenvalue weighted by Gasteiger charge is -2.35. The van der Waals surface area contributed by atoms with E-state index in [1.807, 2.05) is 32.0 Å². The maximum Gasteiger partial charge on any atom is 0.363 e. The highest BCUT2D eigenvalue weighted by atomic mass is 35.5. The van der Waals surface area contributed by atoms with Crippen molar-refractivity contribution in [1.82, 2.24) is 0 Å². The fraction of sp³-hybridized carbons (Fsp3) is 0.267. The van der Waals surface area contributed by atoms with Gasteiger partial charge < -0.3 is 0 Å². The Kier molecular flexibility index (Phi) is 4.49. The lowest BCUT2D eigenvalue weighted by molar-refractivity contribution is -0.933. The van der Waals surface area contributed by atoms with Crippen molar-refractivity contribution >= 4 is 22.2 Å². The van der Waals surface area contributed by atoms with Crippen molar-refractivity contribution in [2.45, 2.75) is 31.0 Å². The minimum Gasteiger partial charge on any atom is -0.290 e. The van der Waals surface area contributed by atoms with E-state index in [-0.39, 0.29) is 10.0 Å². The Balaban J connectivity index is 2.55. The number of aryl methyl sites for hydroxylation is 2. The van der Waals surface area contributed by atoms with Crippen molar-refractivity contribution in [3.8, 4) is 0 Å². The number of hydrogen-bond donors (Lipinski definition) is 3. The van der Waals surface area contributed by atoms with E-state index in [2.05, 4.69) is 0 Å². The standard InChI is InChI=1S/C15H18ClNO3S/c1-10-6-7-11(2)13(9-10)12(3)21(19,20)15-14(16)5-4-8-17(15)18/h4-9,12H,1-3H3,(H2-,18,19,20)/p+1. The number of nitrogens with zero attached hydrogens (tertiary/aromatic N) is 1. The molecule has 0 saturated carbocycles. The monoisotopic (exact) mass is 328 g/mol. The zero-order valence-electron chi connectivity index (χ0n) is 12.1. The van der Waals surface area contributed by atoms with E-state index in [0.717, 1.165) is 16.7 Å². The van der Waals surface area contributed by atoms with Crippen LogP contribution in [-0.4, -0.2) is 14.3 Å². The van der Waals surface area contributed by atoms with Crippen molar-refractivity contribution in [1.29, 1.82) is 0 Å². The van der Waals surface area contributed by atoms with Gasteiger partial charge in [0, 0.05) is 10.8 Å². The van der Waals surface area contributed by atoms with Gasteiger partial charge in [-0.2, -0.15) is 0 Å². The summed E-state index contributed by atoms with van der Waals surface area (Å²) in [6, 6.07) is 8.89. The summed E-state index contributed by atoms with van der Waals surface area (Å²) in [5.41, 5.74) is 2.83. The molecule has 0 aliphatic heterocycles. The Labute approximate surface area is 130 Å². The summed E-state index contributed by atoms with van der Waals surface area (Å²) in [5, 5.41) is 9.35. The molecule has 0 amide bonds. The summed E-state index contributed by atoms with van der Waals surface area (Å²) in [5.74, 6) is 0. The van der Waals surface area contributed by atoms with Gasteiger partial charge in [0.05, 0.1) is 5.25 Å². The Morgan fingerprint density at radius 3 is 2.48 bits per heavy atom. The van der Waals surface area contributed by atoms with E-state index < -0.39 is 15.8 Å². The second kappa shape index (κ2) is 5.85. The summed E-state index contributed by atoms with van der Waals surface area (Å²) >= 11 is 6.04. The summed E-state index contributed by atoms with van der Waals surface area (Å²) in [6.07, 6.45) is 1.32. The van der Waals surface area contributed by atoms with Crippen molar-refractivity contribution in [3.63, 3.8) is 0 Å². The first-order valence-electron chi connectivity index (χ1n) is 6.49. The molecule has 0 saturated heterocycles. The number of pyridine rings is 1. The van der Waals surface area contributed by atoms with E-state index >= 15 is 0 Å². The van der Waals surface area contributed by atoms with Crippen molar-refractivity contribution in [2.24, 2.45) is 0 Å². The smallest absolute Gasteiger partial charge is 0.290 e. The van der Waals surface area contributed by atoms with Gasteiger partial charge in [-0.25, -0.2) is 0 Å². The van der Waals surface area contributed by atoms with Gasteiger partial charge >= 0.3 is 5.03 Å². The van der Waals surface area contributed by atoms with Gasteiger partial charge in [-0.05, 0) is 38.0 Å². The van der Waals surface area contributed by atoms with Crippen LogP contribution in [0.15, 0.2) is 41.6 Å². The van der Waals surface area contributed by atoms with Crippen molar-refractivity contribution < 1.29 is 19.0 Å². The average Bonchev–Trinajstić information content (AvgIpc) is 2.40. The molecule has 1 atom stereocenters. The predicted molar refractivity (Wildman–Crippen MR) is 84.3 cm³/mol. The van der Waals surface area contributed by atoms with Crippen LogP contribution in [0.1, 0.15) is 28.9 Å². The minimum absolute atomic E-state index is 0.0694. The molecule has 4 nitrogen and oxygen atoms in total. The van der Waals surface area contributed by atoms with E-state index in [1.165, 1.54) is 18.3 Å². The quantitative estimate of drug-likeness (QED) is 0.579. The van der Waals surface area contributed by atoms with Gasteiger partial charge in [0.15, 0.2) is 0 Å². The molecular formula is C15H19ClNO3S+. The Morgan fingerprint density at radius 2 is 1.86 bits per heavy atom. The molecule has 21 heavy (non-hydrogen) atoms. The molecule has 114 valence electrons. The van der Waals surface area contributed by atoms with Gasteiger partial charge in [0.25, 0.3) is 0 Å². The van der Waals surface area contributed by atoms with Gasteiger partial charge in [-0.1, -0.05) is 35.4 Å². The van der Waals surface area contributed by atoms with Crippen LogP contribution in [-0.2, 0) is 0 Å². The second-order valence-electron chi connectivity index (χ2n) is 5.10. The predicted octanol–water partition coefficient (Wildman–Crippen LogP) is 4.35. The SMILES string of the molecule is Cc1ccc(C)c(C(C)S(O)(O)c2c(Cl)ccc[n+]2O)c1. The van der Waals surface area contributed by atoms with Gasteiger partial charge in [0.2, 0.25) is 6.20 Å². The highest BCUT2D eigenvalue weighted by Gasteiger charge is 2.37. The van der Waals surface area contributed by atoms with Crippen LogP contribution in [0.25, 0.3) is 0 Å². The van der Waals surface area contributed by atoms with Gasteiger partial charge in [-0.15, -0.1) is 10.6 Å². The Bertz CT molecular complexity index is 656. The maximum atomic E-state index is 10.7. The Morgan fingerprint density at radius 1 is 1.19 bits per heavy atom. The lowest BCUT2D eigenvalue weighted by Crippen LogP contribution is -2.36. The third-order valence-corrected chi connectivity index (χ3v) is 6.17. The largest absolute Gasteiger partial charge is 0.363 e. The van der Waals surface area contributed by atoms with E-state index in [9.17, 15) is 14.3 Å². The summed E-state index contributed by atoms with van der Waals surface area (Å²) < 4.78 is 22.0. The van der Waals surface area contributed by atoms with E-state index in [0.29, 0.717) is 4.73 Å². The zero-order valence-corrected chi connectivity index (χ0v) is 13.7. The molecule has 3 N–H and O–H groups in total. The van der Waals surface area contributed by atoms with Crippen LogP contribution in [0.4, 0.5) is 0 Å². The molecule has 1 aromatic carbocycles. The first-order chi connectivity index (χ1) is 9.75. The van der Waals surface area contributed by atoms with E-state index in [4.69, 9.17) is 11.6 Å². The second-order valence-corrected chi connectivity index (χ2v) is 7.79. The van der Waals surface area contributed by atoms with Crippen LogP contribution in [0.5, 0.6) is 0 Å². The third kappa shape index (κ3) is 3.01. The molecule has 0 fully saturated rings. The molecule has 0 spiro atoms. The molecule has 1 aromatic heterocycles. The molecule has 0 aliphatic carbocycles. The highest BCUT2D eigenvalue weighted by molar-refractivity contribution is 8.24. The number of hydrogen-bond acceptors (Lipinski definition) is 3. The number of halogens is 1. The lowest BCUT2D eigenvalue weighted by atomic mass is 10.0. The molecule has 6 heteroatoms. The van der Waals surface area contributed by atoms with Crippen LogP contribution in [0, 0.1) is 13.8 Å².